The first-order valence-electron chi connectivity index (χ1n) is 8.13. The molecule has 0 radical (unpaired) electrons. The molecule has 0 amide bonds. The molecular formula is C18H26N4O. The Morgan fingerprint density at radius 1 is 1.04 bits per heavy atom. The van der Waals surface area contributed by atoms with Gasteiger partial charge in [0.1, 0.15) is 23.7 Å². The fourth-order valence-corrected chi connectivity index (χ4v) is 2.08. The molecule has 2 N–H and O–H groups in total. The van der Waals surface area contributed by atoms with E-state index >= 15 is 0 Å². The Balaban J connectivity index is 2.06. The zero-order valence-electron chi connectivity index (χ0n) is 14.3. The van der Waals surface area contributed by atoms with E-state index in [1.165, 1.54) is 0 Å². The normalized spacial score (nSPS) is 10.9. The number of benzene rings is 1. The van der Waals surface area contributed by atoms with Crippen LogP contribution in [0.5, 0.6) is 5.75 Å². The average molecular weight is 314 g/mol. The Hall–Kier alpha value is -2.30. The predicted octanol–water partition coefficient (Wildman–Crippen LogP) is 4.47. The first-order chi connectivity index (χ1) is 11.0. The molecule has 0 unspecified atom stereocenters. The summed E-state index contributed by atoms with van der Waals surface area (Å²) < 4.78 is 5.82. The lowest BCUT2D eigenvalue weighted by Gasteiger charge is -2.15. The van der Waals surface area contributed by atoms with Crippen molar-refractivity contribution in [3.05, 3.63) is 36.7 Å². The highest BCUT2D eigenvalue weighted by molar-refractivity contribution is 5.65. The van der Waals surface area contributed by atoms with E-state index in [0.29, 0.717) is 5.92 Å². The third-order valence-corrected chi connectivity index (χ3v) is 3.21. The van der Waals surface area contributed by atoms with Crippen molar-refractivity contribution in [1.29, 1.82) is 0 Å². The van der Waals surface area contributed by atoms with Crippen LogP contribution in [0, 0.1) is 5.92 Å². The van der Waals surface area contributed by atoms with Crippen molar-refractivity contribution in [2.45, 2.75) is 40.2 Å². The summed E-state index contributed by atoms with van der Waals surface area (Å²) in [4.78, 5) is 8.54. The maximum Gasteiger partial charge on any atom is 0.143 e. The van der Waals surface area contributed by atoms with Gasteiger partial charge in [-0.2, -0.15) is 0 Å². The molecule has 0 saturated carbocycles. The van der Waals surface area contributed by atoms with Gasteiger partial charge in [-0.25, -0.2) is 9.97 Å². The molecule has 5 nitrogen and oxygen atoms in total. The van der Waals surface area contributed by atoms with Gasteiger partial charge in [0.25, 0.3) is 0 Å². The minimum Gasteiger partial charge on any atom is -0.489 e. The largest absolute Gasteiger partial charge is 0.489 e. The standard InChI is InChI=1S/C18H26N4O/c1-13(2)9-10-19-17-11-18(21-12-20-17)22-15-7-5-6-8-16(15)23-14(3)4/h5-8,11-14H,9-10H2,1-4H3,(H2,19,20,21,22). The van der Waals surface area contributed by atoms with Gasteiger partial charge in [0.05, 0.1) is 11.8 Å². The highest BCUT2D eigenvalue weighted by atomic mass is 16.5. The Bertz CT molecular complexity index is 613. The summed E-state index contributed by atoms with van der Waals surface area (Å²) in [6, 6.07) is 9.77. The van der Waals surface area contributed by atoms with Crippen molar-refractivity contribution in [1.82, 2.24) is 9.97 Å². The van der Waals surface area contributed by atoms with E-state index in [9.17, 15) is 0 Å². The van der Waals surface area contributed by atoms with E-state index in [2.05, 4.69) is 34.4 Å². The van der Waals surface area contributed by atoms with Gasteiger partial charge in [0.2, 0.25) is 0 Å². The third kappa shape index (κ3) is 5.77. The SMILES string of the molecule is CC(C)CCNc1cc(Nc2ccccc2OC(C)C)ncn1. The first-order valence-corrected chi connectivity index (χ1v) is 8.13. The molecule has 0 atom stereocenters. The van der Waals surface area contributed by atoms with Gasteiger partial charge in [-0.15, -0.1) is 0 Å². The number of nitrogens with one attached hydrogen (secondary N) is 2. The number of anilines is 3. The second-order valence-corrected chi connectivity index (χ2v) is 6.19. The molecule has 0 bridgehead atoms. The molecule has 1 aromatic heterocycles. The Morgan fingerprint density at radius 3 is 2.52 bits per heavy atom. The van der Waals surface area contributed by atoms with Crippen LogP contribution in [0.25, 0.3) is 0 Å². The molecule has 0 aliphatic heterocycles. The van der Waals surface area contributed by atoms with Crippen LogP contribution in [-0.4, -0.2) is 22.6 Å². The summed E-state index contributed by atoms with van der Waals surface area (Å²) >= 11 is 0. The molecule has 5 heteroatoms. The van der Waals surface area contributed by atoms with Crippen molar-refractivity contribution >= 4 is 17.3 Å². The summed E-state index contributed by atoms with van der Waals surface area (Å²) in [6.07, 6.45) is 2.79. The maximum atomic E-state index is 5.82. The number of ether oxygens (including phenoxy) is 1. The number of para-hydroxylation sites is 2. The molecule has 124 valence electrons. The Kier molecular flexibility index (Phi) is 6.20. The lowest BCUT2D eigenvalue weighted by molar-refractivity contribution is 0.244. The highest BCUT2D eigenvalue weighted by Crippen LogP contribution is 2.27. The molecule has 0 fully saturated rings. The van der Waals surface area contributed by atoms with Gasteiger partial charge in [0.15, 0.2) is 0 Å². The van der Waals surface area contributed by atoms with Gasteiger partial charge in [-0.3, -0.25) is 0 Å². The topological polar surface area (TPSA) is 59.1 Å². The van der Waals surface area contributed by atoms with E-state index in [1.54, 1.807) is 6.33 Å². The highest BCUT2D eigenvalue weighted by Gasteiger charge is 2.06. The quantitative estimate of drug-likeness (QED) is 0.753. The second kappa shape index (κ2) is 8.36. The van der Waals surface area contributed by atoms with E-state index < -0.39 is 0 Å². The van der Waals surface area contributed by atoms with Crippen LogP contribution in [-0.2, 0) is 0 Å². The van der Waals surface area contributed by atoms with Crippen LogP contribution in [0.1, 0.15) is 34.1 Å². The summed E-state index contributed by atoms with van der Waals surface area (Å²) in [7, 11) is 0. The minimum atomic E-state index is 0.122. The fraction of sp³-hybridized carbons (Fsp3) is 0.444. The average Bonchev–Trinajstić information content (AvgIpc) is 2.49. The minimum absolute atomic E-state index is 0.122. The molecule has 0 spiro atoms. The number of aromatic nitrogens is 2. The van der Waals surface area contributed by atoms with Gasteiger partial charge in [0, 0.05) is 12.6 Å². The monoisotopic (exact) mass is 314 g/mol. The van der Waals surface area contributed by atoms with Crippen LogP contribution < -0.4 is 15.4 Å². The number of hydrogen-bond acceptors (Lipinski definition) is 5. The van der Waals surface area contributed by atoms with Crippen molar-refractivity contribution in [2.24, 2.45) is 5.92 Å². The van der Waals surface area contributed by atoms with Crippen molar-refractivity contribution in [2.75, 3.05) is 17.2 Å². The molecule has 0 saturated heterocycles. The zero-order chi connectivity index (χ0) is 16.7. The van der Waals surface area contributed by atoms with Crippen molar-refractivity contribution < 1.29 is 4.74 Å². The molecule has 2 rings (SSSR count). The van der Waals surface area contributed by atoms with E-state index in [1.807, 2.05) is 44.2 Å². The van der Waals surface area contributed by atoms with Gasteiger partial charge in [-0.1, -0.05) is 26.0 Å². The van der Waals surface area contributed by atoms with Crippen LogP contribution in [0.3, 0.4) is 0 Å². The summed E-state index contributed by atoms with van der Waals surface area (Å²) in [5, 5.41) is 6.63. The lowest BCUT2D eigenvalue weighted by Crippen LogP contribution is -2.08. The molecule has 0 aliphatic carbocycles. The molecule has 23 heavy (non-hydrogen) atoms. The molecule has 1 aromatic carbocycles. The van der Waals surface area contributed by atoms with E-state index in [4.69, 9.17) is 4.74 Å². The zero-order valence-corrected chi connectivity index (χ0v) is 14.3. The third-order valence-electron chi connectivity index (χ3n) is 3.21. The maximum absolute atomic E-state index is 5.82. The Labute approximate surface area is 138 Å². The Morgan fingerprint density at radius 2 is 1.78 bits per heavy atom. The molecule has 0 aliphatic rings. The number of rotatable bonds is 8. The van der Waals surface area contributed by atoms with Crippen LogP contribution >= 0.6 is 0 Å². The second-order valence-electron chi connectivity index (χ2n) is 6.19. The molecule has 1 heterocycles. The van der Waals surface area contributed by atoms with E-state index in [0.717, 1.165) is 36.0 Å². The summed E-state index contributed by atoms with van der Waals surface area (Å²) in [6.45, 7) is 9.35. The van der Waals surface area contributed by atoms with E-state index in [-0.39, 0.29) is 6.10 Å². The summed E-state index contributed by atoms with van der Waals surface area (Å²) in [5.41, 5.74) is 0.896. The van der Waals surface area contributed by atoms with Gasteiger partial charge < -0.3 is 15.4 Å². The smallest absolute Gasteiger partial charge is 0.143 e. The number of nitrogens with zero attached hydrogens (tertiary/aromatic N) is 2. The van der Waals surface area contributed by atoms with Crippen molar-refractivity contribution in [3.63, 3.8) is 0 Å². The molecule has 2 aromatic rings. The van der Waals surface area contributed by atoms with Gasteiger partial charge in [-0.05, 0) is 38.3 Å². The van der Waals surface area contributed by atoms with Crippen LogP contribution in [0.4, 0.5) is 17.3 Å². The first kappa shape index (κ1) is 17.1. The van der Waals surface area contributed by atoms with Crippen molar-refractivity contribution in [3.8, 4) is 5.75 Å². The predicted molar refractivity (Wildman–Crippen MR) is 95.5 cm³/mol. The fourth-order valence-electron chi connectivity index (χ4n) is 2.08. The number of hydrogen-bond donors (Lipinski definition) is 2. The molecular weight excluding hydrogens is 288 g/mol. The van der Waals surface area contributed by atoms with Crippen LogP contribution in [0.15, 0.2) is 36.7 Å². The lowest BCUT2D eigenvalue weighted by atomic mass is 10.1. The van der Waals surface area contributed by atoms with Crippen LogP contribution in [0.2, 0.25) is 0 Å². The summed E-state index contributed by atoms with van der Waals surface area (Å²) in [5.74, 6) is 3.05. The van der Waals surface area contributed by atoms with Gasteiger partial charge >= 0.3 is 0 Å².